The third-order valence-corrected chi connectivity index (χ3v) is 6.94. The second kappa shape index (κ2) is 9.04. The van der Waals surface area contributed by atoms with Gasteiger partial charge < -0.3 is 10.6 Å². The SMILES string of the molecule is CN=C(NCC(c1ccccc1)c1ccccc1)NCC(C)(C)S(C)(=O)=O. The zero-order valence-electron chi connectivity index (χ0n) is 16.4. The second-order valence-corrected chi connectivity index (χ2v) is 9.86. The normalized spacial score (nSPS) is 12.9. The second-order valence-electron chi connectivity index (χ2n) is 7.21. The number of hydrogen-bond donors (Lipinski definition) is 2. The molecule has 0 amide bonds. The Morgan fingerprint density at radius 3 is 1.85 bits per heavy atom. The van der Waals surface area contributed by atoms with Crippen molar-refractivity contribution in [3.63, 3.8) is 0 Å². The number of guanidine groups is 1. The predicted octanol–water partition coefficient (Wildman–Crippen LogP) is 2.81. The van der Waals surface area contributed by atoms with Crippen LogP contribution in [0.3, 0.4) is 0 Å². The minimum atomic E-state index is -3.17. The van der Waals surface area contributed by atoms with Crippen molar-refractivity contribution in [3.8, 4) is 0 Å². The van der Waals surface area contributed by atoms with Crippen molar-refractivity contribution in [2.24, 2.45) is 4.99 Å². The highest BCUT2D eigenvalue weighted by atomic mass is 32.2. The van der Waals surface area contributed by atoms with Gasteiger partial charge in [0.25, 0.3) is 0 Å². The van der Waals surface area contributed by atoms with Gasteiger partial charge in [0, 0.05) is 32.3 Å². The van der Waals surface area contributed by atoms with Gasteiger partial charge in [-0.25, -0.2) is 8.42 Å². The summed E-state index contributed by atoms with van der Waals surface area (Å²) in [4.78, 5) is 4.23. The summed E-state index contributed by atoms with van der Waals surface area (Å²) in [5, 5.41) is 6.47. The van der Waals surface area contributed by atoms with Gasteiger partial charge in [0.15, 0.2) is 15.8 Å². The molecule has 0 heterocycles. The van der Waals surface area contributed by atoms with Crippen molar-refractivity contribution in [2.75, 3.05) is 26.4 Å². The first-order valence-corrected chi connectivity index (χ1v) is 10.9. The van der Waals surface area contributed by atoms with Crippen LogP contribution in [0.4, 0.5) is 0 Å². The quantitative estimate of drug-likeness (QED) is 0.566. The van der Waals surface area contributed by atoms with Crippen molar-refractivity contribution in [3.05, 3.63) is 71.8 Å². The third-order valence-electron chi connectivity index (χ3n) is 4.79. The van der Waals surface area contributed by atoms with E-state index in [4.69, 9.17) is 0 Å². The molecule has 0 unspecified atom stereocenters. The Balaban J connectivity index is 2.10. The van der Waals surface area contributed by atoms with Gasteiger partial charge in [-0.2, -0.15) is 0 Å². The van der Waals surface area contributed by atoms with E-state index in [9.17, 15) is 8.42 Å². The summed E-state index contributed by atoms with van der Waals surface area (Å²) in [6.45, 7) is 4.35. The lowest BCUT2D eigenvalue weighted by molar-refractivity contribution is 0.544. The molecule has 2 rings (SSSR count). The van der Waals surface area contributed by atoms with E-state index in [1.807, 2.05) is 36.4 Å². The Bertz CT molecular complexity index is 808. The molecule has 2 aromatic rings. The maximum absolute atomic E-state index is 11.9. The van der Waals surface area contributed by atoms with Crippen LogP contribution < -0.4 is 10.6 Å². The fourth-order valence-electron chi connectivity index (χ4n) is 2.65. The van der Waals surface area contributed by atoms with Crippen LogP contribution in [-0.2, 0) is 9.84 Å². The Labute approximate surface area is 162 Å². The molecule has 0 radical (unpaired) electrons. The first kappa shape index (κ1) is 21.0. The number of benzene rings is 2. The molecular formula is C21H29N3O2S. The highest BCUT2D eigenvalue weighted by molar-refractivity contribution is 7.92. The van der Waals surface area contributed by atoms with Crippen LogP contribution in [0, 0.1) is 0 Å². The van der Waals surface area contributed by atoms with Crippen molar-refractivity contribution >= 4 is 15.8 Å². The largest absolute Gasteiger partial charge is 0.355 e. The van der Waals surface area contributed by atoms with Crippen LogP contribution in [0.5, 0.6) is 0 Å². The van der Waals surface area contributed by atoms with Crippen LogP contribution in [0.25, 0.3) is 0 Å². The Hall–Kier alpha value is -2.34. The monoisotopic (exact) mass is 387 g/mol. The standard InChI is InChI=1S/C21H29N3O2S/c1-21(2,27(4,25)26)16-24-20(22-3)23-15-19(17-11-7-5-8-12-17)18-13-9-6-10-14-18/h5-14,19H,15-16H2,1-4H3,(H2,22,23,24). The minimum absolute atomic E-state index is 0.161. The number of hydrogen-bond acceptors (Lipinski definition) is 3. The fraction of sp³-hybridized carbons (Fsp3) is 0.381. The number of nitrogens with one attached hydrogen (secondary N) is 2. The summed E-state index contributed by atoms with van der Waals surface area (Å²) < 4.78 is 22.9. The Morgan fingerprint density at radius 2 is 1.44 bits per heavy atom. The first-order chi connectivity index (χ1) is 12.7. The van der Waals surface area contributed by atoms with Crippen molar-refractivity contribution in [2.45, 2.75) is 24.5 Å². The average molecular weight is 388 g/mol. The average Bonchev–Trinajstić information content (AvgIpc) is 2.65. The summed E-state index contributed by atoms with van der Waals surface area (Å²) in [6, 6.07) is 20.6. The fourth-order valence-corrected chi connectivity index (χ4v) is 2.98. The third kappa shape index (κ3) is 5.82. The van der Waals surface area contributed by atoms with Crippen LogP contribution in [0.2, 0.25) is 0 Å². The van der Waals surface area contributed by atoms with Gasteiger partial charge in [0.2, 0.25) is 0 Å². The van der Waals surface area contributed by atoms with Gasteiger partial charge in [0.1, 0.15) is 0 Å². The van der Waals surface area contributed by atoms with E-state index in [0.29, 0.717) is 12.5 Å². The molecule has 0 bridgehead atoms. The highest BCUT2D eigenvalue weighted by Gasteiger charge is 2.30. The molecule has 0 aliphatic carbocycles. The molecule has 0 spiro atoms. The van der Waals surface area contributed by atoms with Crippen LogP contribution in [0.15, 0.2) is 65.7 Å². The van der Waals surface area contributed by atoms with E-state index < -0.39 is 14.6 Å². The van der Waals surface area contributed by atoms with Crippen molar-refractivity contribution < 1.29 is 8.42 Å². The molecule has 0 aliphatic rings. The molecule has 2 aromatic carbocycles. The zero-order valence-corrected chi connectivity index (χ0v) is 17.3. The number of nitrogens with zero attached hydrogens (tertiary/aromatic N) is 1. The summed E-state index contributed by atoms with van der Waals surface area (Å²) >= 11 is 0. The molecule has 27 heavy (non-hydrogen) atoms. The minimum Gasteiger partial charge on any atom is -0.355 e. The molecule has 0 atom stereocenters. The van der Waals surface area contributed by atoms with Crippen molar-refractivity contribution in [1.29, 1.82) is 0 Å². The van der Waals surface area contributed by atoms with E-state index in [2.05, 4.69) is 39.9 Å². The molecule has 6 heteroatoms. The summed E-state index contributed by atoms with van der Waals surface area (Å²) in [6.07, 6.45) is 1.26. The van der Waals surface area contributed by atoms with Gasteiger partial charge >= 0.3 is 0 Å². The number of aliphatic imine (C=N–C) groups is 1. The van der Waals surface area contributed by atoms with Crippen molar-refractivity contribution in [1.82, 2.24) is 10.6 Å². The Morgan fingerprint density at radius 1 is 0.963 bits per heavy atom. The predicted molar refractivity (Wildman–Crippen MR) is 113 cm³/mol. The maximum Gasteiger partial charge on any atom is 0.191 e. The first-order valence-electron chi connectivity index (χ1n) is 8.98. The van der Waals surface area contributed by atoms with E-state index in [1.54, 1.807) is 20.9 Å². The van der Waals surface area contributed by atoms with Crippen LogP contribution >= 0.6 is 0 Å². The number of rotatable bonds is 7. The molecule has 0 saturated carbocycles. The lowest BCUT2D eigenvalue weighted by atomic mass is 9.91. The topological polar surface area (TPSA) is 70.6 Å². The Kier molecular flexibility index (Phi) is 7.02. The highest BCUT2D eigenvalue weighted by Crippen LogP contribution is 2.23. The zero-order chi connectivity index (χ0) is 19.9. The molecule has 0 aromatic heterocycles. The smallest absolute Gasteiger partial charge is 0.191 e. The molecule has 0 aliphatic heterocycles. The molecule has 2 N–H and O–H groups in total. The summed E-state index contributed by atoms with van der Waals surface area (Å²) in [5.41, 5.74) is 2.42. The molecule has 146 valence electrons. The summed E-state index contributed by atoms with van der Waals surface area (Å²) in [7, 11) is -1.49. The lowest BCUT2D eigenvalue weighted by Gasteiger charge is -2.25. The van der Waals surface area contributed by atoms with E-state index in [1.165, 1.54) is 17.4 Å². The molecule has 5 nitrogen and oxygen atoms in total. The molecule has 0 saturated heterocycles. The van der Waals surface area contributed by atoms with Gasteiger partial charge in [-0.1, -0.05) is 60.7 Å². The molecular weight excluding hydrogens is 358 g/mol. The van der Waals surface area contributed by atoms with Gasteiger partial charge in [0.05, 0.1) is 4.75 Å². The van der Waals surface area contributed by atoms with E-state index in [-0.39, 0.29) is 12.5 Å². The maximum atomic E-state index is 11.9. The van der Waals surface area contributed by atoms with E-state index >= 15 is 0 Å². The van der Waals surface area contributed by atoms with Gasteiger partial charge in [-0.05, 0) is 25.0 Å². The van der Waals surface area contributed by atoms with Gasteiger partial charge in [-0.3, -0.25) is 4.99 Å². The lowest BCUT2D eigenvalue weighted by Crippen LogP contribution is -2.48. The van der Waals surface area contributed by atoms with Crippen LogP contribution in [0.1, 0.15) is 30.9 Å². The summed E-state index contributed by atoms with van der Waals surface area (Å²) in [5.74, 6) is 0.748. The van der Waals surface area contributed by atoms with E-state index in [0.717, 1.165) is 0 Å². The van der Waals surface area contributed by atoms with Crippen LogP contribution in [-0.4, -0.2) is 45.5 Å². The molecule has 0 fully saturated rings. The number of sulfone groups is 1. The van der Waals surface area contributed by atoms with Gasteiger partial charge in [-0.15, -0.1) is 0 Å².